The molecule has 3 heterocycles. The first kappa shape index (κ1) is 24.6. The summed E-state index contributed by atoms with van der Waals surface area (Å²) >= 11 is 2.89. The smallest absolute Gasteiger partial charge is 0.275 e. The molecule has 3 aromatic heterocycles. The second-order valence-electron chi connectivity index (χ2n) is 8.88. The minimum absolute atomic E-state index is 0.00574. The van der Waals surface area contributed by atoms with Gasteiger partial charge in [0, 0.05) is 18.4 Å². The molecule has 4 rings (SSSR count). The topological polar surface area (TPSA) is 82.2 Å². The van der Waals surface area contributed by atoms with Crippen LogP contribution in [-0.4, -0.2) is 24.1 Å². The molecule has 1 aromatic carbocycles. The normalized spacial score (nSPS) is 11.8. The molecule has 0 spiro atoms. The molecule has 7 nitrogen and oxygen atoms in total. The lowest BCUT2D eigenvalue weighted by Gasteiger charge is -2.13. The average molecular weight is 498 g/mol. The molecule has 180 valence electrons. The van der Waals surface area contributed by atoms with Crippen molar-refractivity contribution in [3.63, 3.8) is 0 Å². The summed E-state index contributed by atoms with van der Waals surface area (Å²) in [5.74, 6) is 1.19. The molecule has 4 aromatic rings. The van der Waals surface area contributed by atoms with E-state index in [0.717, 1.165) is 30.2 Å². The van der Waals surface area contributed by atoms with Gasteiger partial charge in [0.25, 0.3) is 11.1 Å². The van der Waals surface area contributed by atoms with E-state index < -0.39 is 0 Å². The van der Waals surface area contributed by atoms with Crippen LogP contribution >= 0.6 is 23.1 Å². The van der Waals surface area contributed by atoms with Crippen molar-refractivity contribution in [1.82, 2.24) is 24.1 Å². The highest BCUT2D eigenvalue weighted by Gasteiger charge is 2.14. The van der Waals surface area contributed by atoms with Gasteiger partial charge in [0.2, 0.25) is 4.96 Å². The van der Waals surface area contributed by atoms with Crippen LogP contribution in [0.2, 0.25) is 0 Å². The number of fused-ring (bicyclic) bond motifs is 2. The molecule has 0 bridgehead atoms. The molecule has 0 aliphatic heterocycles. The molecule has 9 heteroatoms. The molecular weight excluding hydrogens is 466 g/mol. The highest BCUT2D eigenvalue weighted by atomic mass is 32.2. The number of para-hydroxylation sites is 1. The summed E-state index contributed by atoms with van der Waals surface area (Å²) in [6.45, 7) is 7.16. The van der Waals surface area contributed by atoms with Gasteiger partial charge in [-0.25, -0.2) is 9.97 Å². The number of aromatic nitrogens is 5. The number of nitrogens with zero attached hydrogens (tertiary/aromatic N) is 5. The first-order valence-electron chi connectivity index (χ1n) is 12.0. The zero-order valence-electron chi connectivity index (χ0n) is 20.0. The summed E-state index contributed by atoms with van der Waals surface area (Å²) in [4.78, 5) is 35.8. The van der Waals surface area contributed by atoms with E-state index >= 15 is 0 Å². The third-order valence-electron chi connectivity index (χ3n) is 5.73. The standard InChI is InChI=1S/C25H31N5O2S2/c1-4-21-28-30-22(31)15-18(26-25(30)34-21)16-33-24-27-20-13-9-8-12-19(20)23(32)29(24)14-10-6-5-7-11-17(2)3/h8-9,12-13,15,17H,4-7,10-11,14,16H2,1-3H3. The Kier molecular flexibility index (Phi) is 8.15. The molecule has 0 aliphatic carbocycles. The Morgan fingerprint density at radius 2 is 1.85 bits per heavy atom. The first-order valence-corrected chi connectivity index (χ1v) is 13.8. The number of unbranched alkanes of at least 4 members (excludes halogenated alkanes) is 3. The third-order valence-corrected chi connectivity index (χ3v) is 7.79. The van der Waals surface area contributed by atoms with E-state index in [1.54, 1.807) is 4.57 Å². The van der Waals surface area contributed by atoms with Crippen LogP contribution in [0, 0.1) is 5.92 Å². The molecule has 0 N–H and O–H groups in total. The van der Waals surface area contributed by atoms with Crippen LogP contribution < -0.4 is 11.1 Å². The Labute approximate surface area is 207 Å². The minimum atomic E-state index is -0.179. The Bertz CT molecular complexity index is 1390. The van der Waals surface area contributed by atoms with Crippen molar-refractivity contribution in [3.8, 4) is 0 Å². The van der Waals surface area contributed by atoms with Crippen molar-refractivity contribution in [3.05, 3.63) is 61.7 Å². The summed E-state index contributed by atoms with van der Waals surface area (Å²) < 4.78 is 3.16. The number of rotatable bonds is 11. The Morgan fingerprint density at radius 1 is 1.06 bits per heavy atom. The SMILES string of the molecule is CCc1nn2c(=O)cc(CSc3nc4ccccc4c(=O)n3CCCCCCC(C)C)nc2s1. The number of hydrogen-bond acceptors (Lipinski definition) is 7. The lowest BCUT2D eigenvalue weighted by atomic mass is 10.0. The molecule has 34 heavy (non-hydrogen) atoms. The van der Waals surface area contributed by atoms with Crippen molar-refractivity contribution >= 4 is 39.0 Å². The van der Waals surface area contributed by atoms with Gasteiger partial charge in [-0.05, 0) is 30.9 Å². The van der Waals surface area contributed by atoms with Gasteiger partial charge >= 0.3 is 0 Å². The van der Waals surface area contributed by atoms with E-state index in [0.29, 0.717) is 39.0 Å². The van der Waals surface area contributed by atoms with Gasteiger partial charge in [-0.3, -0.25) is 14.2 Å². The summed E-state index contributed by atoms with van der Waals surface area (Å²) in [6.07, 6.45) is 6.45. The number of hydrogen-bond donors (Lipinski definition) is 0. The van der Waals surface area contributed by atoms with Gasteiger partial charge < -0.3 is 0 Å². The van der Waals surface area contributed by atoms with Gasteiger partial charge in [-0.1, -0.05) is 81.7 Å². The van der Waals surface area contributed by atoms with E-state index in [-0.39, 0.29) is 11.1 Å². The molecule has 0 saturated heterocycles. The molecule has 0 radical (unpaired) electrons. The van der Waals surface area contributed by atoms with E-state index in [2.05, 4.69) is 23.9 Å². The van der Waals surface area contributed by atoms with Gasteiger partial charge in [0.1, 0.15) is 5.01 Å². The van der Waals surface area contributed by atoms with Crippen molar-refractivity contribution in [2.24, 2.45) is 5.92 Å². The number of thioether (sulfide) groups is 1. The zero-order chi connectivity index (χ0) is 24.1. The molecule has 0 atom stereocenters. The van der Waals surface area contributed by atoms with Crippen LogP contribution in [0.25, 0.3) is 15.9 Å². The van der Waals surface area contributed by atoms with Gasteiger partial charge in [0.15, 0.2) is 5.16 Å². The van der Waals surface area contributed by atoms with Crippen LogP contribution in [0.1, 0.15) is 63.6 Å². The summed E-state index contributed by atoms with van der Waals surface area (Å²) in [6, 6.07) is 9.01. The Morgan fingerprint density at radius 3 is 2.65 bits per heavy atom. The van der Waals surface area contributed by atoms with E-state index in [1.807, 2.05) is 31.2 Å². The monoisotopic (exact) mass is 497 g/mol. The molecule has 0 unspecified atom stereocenters. The second kappa shape index (κ2) is 11.3. The van der Waals surface area contributed by atoms with Crippen LogP contribution in [0.3, 0.4) is 0 Å². The summed E-state index contributed by atoms with van der Waals surface area (Å²) in [5, 5.41) is 6.50. The lowest BCUT2D eigenvalue weighted by molar-refractivity contribution is 0.491. The predicted octanol–water partition coefficient (Wildman–Crippen LogP) is 5.32. The van der Waals surface area contributed by atoms with Crippen molar-refractivity contribution in [2.75, 3.05) is 0 Å². The van der Waals surface area contributed by atoms with Gasteiger partial charge in [-0.15, -0.1) is 0 Å². The maximum Gasteiger partial charge on any atom is 0.275 e. The van der Waals surface area contributed by atoms with Crippen molar-refractivity contribution in [1.29, 1.82) is 0 Å². The highest BCUT2D eigenvalue weighted by molar-refractivity contribution is 7.98. The number of aryl methyl sites for hydroxylation is 1. The third kappa shape index (κ3) is 5.75. The minimum Gasteiger partial charge on any atom is -0.287 e. The fourth-order valence-electron chi connectivity index (χ4n) is 3.88. The van der Waals surface area contributed by atoms with Crippen molar-refractivity contribution in [2.45, 2.75) is 76.8 Å². The van der Waals surface area contributed by atoms with Crippen LogP contribution in [0.15, 0.2) is 45.1 Å². The van der Waals surface area contributed by atoms with Gasteiger partial charge in [-0.2, -0.15) is 9.61 Å². The molecule has 0 amide bonds. The molecule has 0 saturated carbocycles. The number of benzene rings is 1. The maximum atomic E-state index is 13.3. The van der Waals surface area contributed by atoms with Crippen LogP contribution in [0.4, 0.5) is 0 Å². The molecule has 0 fully saturated rings. The predicted molar refractivity (Wildman–Crippen MR) is 140 cm³/mol. The molecule has 0 aliphatic rings. The Hall–Kier alpha value is -2.52. The van der Waals surface area contributed by atoms with Gasteiger partial charge in [0.05, 0.1) is 16.6 Å². The fourth-order valence-corrected chi connectivity index (χ4v) is 5.66. The van der Waals surface area contributed by atoms with Crippen LogP contribution in [-0.2, 0) is 18.7 Å². The lowest BCUT2D eigenvalue weighted by Crippen LogP contribution is -2.23. The average Bonchev–Trinajstić information content (AvgIpc) is 3.25. The van der Waals surface area contributed by atoms with E-state index in [4.69, 9.17) is 4.98 Å². The summed E-state index contributed by atoms with van der Waals surface area (Å²) in [7, 11) is 0. The maximum absolute atomic E-state index is 13.3. The molecular formula is C25H31N5O2S2. The van der Waals surface area contributed by atoms with Crippen molar-refractivity contribution < 1.29 is 0 Å². The summed E-state index contributed by atoms with van der Waals surface area (Å²) in [5.41, 5.74) is 1.18. The first-order chi connectivity index (χ1) is 16.5. The Balaban J connectivity index is 1.54. The largest absolute Gasteiger partial charge is 0.287 e. The second-order valence-corrected chi connectivity index (χ2v) is 10.9. The quantitative estimate of drug-likeness (QED) is 0.158. The fraction of sp³-hybridized carbons (Fsp3) is 0.480. The van der Waals surface area contributed by atoms with Crippen LogP contribution in [0.5, 0.6) is 0 Å². The van der Waals surface area contributed by atoms with E-state index in [9.17, 15) is 9.59 Å². The highest BCUT2D eigenvalue weighted by Crippen LogP contribution is 2.23. The zero-order valence-corrected chi connectivity index (χ0v) is 21.6. The van der Waals surface area contributed by atoms with E-state index in [1.165, 1.54) is 52.9 Å².